The Hall–Kier alpha value is -3.48. The van der Waals surface area contributed by atoms with Crippen molar-refractivity contribution in [2.24, 2.45) is 0 Å². The number of benzene rings is 2. The predicted octanol–water partition coefficient (Wildman–Crippen LogP) is 3.79. The molecule has 0 spiro atoms. The molecule has 1 unspecified atom stereocenters. The van der Waals surface area contributed by atoms with Crippen molar-refractivity contribution < 1.29 is 18.1 Å². The standard InChI is InChI=1S/C20H16FN3O3/c21-14-7-5-13(6-8-14)16(11-19(25)22-12-15-9-10-26-24-15)20-23-17-3-1-2-4-18(17)27-20/h1-10,16H,11-12H2,(H,22,25). The van der Waals surface area contributed by atoms with E-state index in [0.717, 1.165) is 5.56 Å². The Morgan fingerprint density at radius 2 is 1.93 bits per heavy atom. The van der Waals surface area contributed by atoms with Crippen LogP contribution in [-0.4, -0.2) is 16.0 Å². The Morgan fingerprint density at radius 3 is 2.67 bits per heavy atom. The number of halogens is 1. The third-order valence-electron chi connectivity index (χ3n) is 4.23. The smallest absolute Gasteiger partial charge is 0.221 e. The molecule has 1 N–H and O–H groups in total. The van der Waals surface area contributed by atoms with Gasteiger partial charge in [0.2, 0.25) is 11.8 Å². The van der Waals surface area contributed by atoms with Crippen LogP contribution in [0.5, 0.6) is 0 Å². The number of carbonyl (C=O) groups is 1. The first-order valence-corrected chi connectivity index (χ1v) is 8.46. The first-order chi connectivity index (χ1) is 13.2. The first-order valence-electron chi connectivity index (χ1n) is 8.46. The fourth-order valence-electron chi connectivity index (χ4n) is 2.86. The van der Waals surface area contributed by atoms with Crippen molar-refractivity contribution >= 4 is 17.0 Å². The molecule has 6 nitrogen and oxygen atoms in total. The van der Waals surface area contributed by atoms with E-state index >= 15 is 0 Å². The molecule has 7 heteroatoms. The second kappa shape index (κ2) is 7.41. The van der Waals surface area contributed by atoms with E-state index in [1.807, 2.05) is 24.3 Å². The van der Waals surface area contributed by atoms with Gasteiger partial charge in [-0.15, -0.1) is 0 Å². The summed E-state index contributed by atoms with van der Waals surface area (Å²) in [6.07, 6.45) is 1.55. The van der Waals surface area contributed by atoms with E-state index < -0.39 is 5.92 Å². The van der Waals surface area contributed by atoms with Crippen molar-refractivity contribution in [1.82, 2.24) is 15.5 Å². The number of para-hydroxylation sites is 2. The predicted molar refractivity (Wildman–Crippen MR) is 95.2 cm³/mol. The number of aromatic nitrogens is 2. The summed E-state index contributed by atoms with van der Waals surface area (Å²) in [6, 6.07) is 15.1. The molecule has 1 amide bonds. The van der Waals surface area contributed by atoms with Crippen LogP contribution in [0.2, 0.25) is 0 Å². The SMILES string of the molecule is O=C(CC(c1ccc(F)cc1)c1nc2ccccc2o1)NCc1ccon1. The molecule has 136 valence electrons. The van der Waals surface area contributed by atoms with Crippen molar-refractivity contribution in [3.8, 4) is 0 Å². The highest BCUT2D eigenvalue weighted by Crippen LogP contribution is 2.30. The molecule has 0 saturated carbocycles. The van der Waals surface area contributed by atoms with Gasteiger partial charge in [-0.25, -0.2) is 9.37 Å². The molecule has 4 aromatic rings. The lowest BCUT2D eigenvalue weighted by Gasteiger charge is -2.14. The Morgan fingerprint density at radius 1 is 1.11 bits per heavy atom. The molecule has 0 aliphatic rings. The van der Waals surface area contributed by atoms with Gasteiger partial charge in [0.25, 0.3) is 0 Å². The highest BCUT2D eigenvalue weighted by molar-refractivity contribution is 5.78. The molecule has 27 heavy (non-hydrogen) atoms. The average Bonchev–Trinajstić information content (AvgIpc) is 3.34. The van der Waals surface area contributed by atoms with Gasteiger partial charge in [-0.2, -0.15) is 0 Å². The average molecular weight is 365 g/mol. The Labute approximate surface area is 154 Å². The summed E-state index contributed by atoms with van der Waals surface area (Å²) in [5.74, 6) is -0.560. The zero-order chi connectivity index (χ0) is 18.6. The van der Waals surface area contributed by atoms with Gasteiger partial charge in [-0.3, -0.25) is 4.79 Å². The van der Waals surface area contributed by atoms with Crippen LogP contribution in [0.3, 0.4) is 0 Å². The molecular formula is C20H16FN3O3. The zero-order valence-corrected chi connectivity index (χ0v) is 14.3. The van der Waals surface area contributed by atoms with Gasteiger partial charge >= 0.3 is 0 Å². The van der Waals surface area contributed by atoms with Gasteiger partial charge in [0.15, 0.2) is 5.58 Å². The molecule has 2 aromatic heterocycles. The topological polar surface area (TPSA) is 81.2 Å². The van der Waals surface area contributed by atoms with Crippen LogP contribution < -0.4 is 5.32 Å². The van der Waals surface area contributed by atoms with E-state index in [9.17, 15) is 9.18 Å². The Bertz CT molecular complexity index is 1010. The molecule has 1 atom stereocenters. The van der Waals surface area contributed by atoms with Crippen LogP contribution in [0.1, 0.15) is 29.5 Å². The lowest BCUT2D eigenvalue weighted by atomic mass is 9.95. The van der Waals surface area contributed by atoms with Crippen LogP contribution in [0.4, 0.5) is 4.39 Å². The van der Waals surface area contributed by atoms with Gasteiger partial charge in [0.1, 0.15) is 23.3 Å². The van der Waals surface area contributed by atoms with Gasteiger partial charge in [0.05, 0.1) is 12.5 Å². The fraction of sp³-hybridized carbons (Fsp3) is 0.150. The summed E-state index contributed by atoms with van der Waals surface area (Å²) in [7, 11) is 0. The quantitative estimate of drug-likeness (QED) is 0.562. The number of oxazole rings is 1. The van der Waals surface area contributed by atoms with Crippen molar-refractivity contribution in [3.63, 3.8) is 0 Å². The number of rotatable bonds is 6. The van der Waals surface area contributed by atoms with Crippen LogP contribution in [0, 0.1) is 5.82 Å². The summed E-state index contributed by atoms with van der Waals surface area (Å²) in [5.41, 5.74) is 2.73. The summed E-state index contributed by atoms with van der Waals surface area (Å²) in [5, 5.41) is 6.56. The van der Waals surface area contributed by atoms with Gasteiger partial charge in [-0.1, -0.05) is 29.4 Å². The third-order valence-corrected chi connectivity index (χ3v) is 4.23. The van der Waals surface area contributed by atoms with E-state index in [4.69, 9.17) is 8.94 Å². The Balaban J connectivity index is 1.59. The van der Waals surface area contributed by atoms with E-state index in [1.165, 1.54) is 18.4 Å². The molecule has 0 fully saturated rings. The lowest BCUT2D eigenvalue weighted by Crippen LogP contribution is -2.25. The summed E-state index contributed by atoms with van der Waals surface area (Å²) < 4.78 is 23.9. The molecule has 0 aliphatic carbocycles. The molecule has 4 rings (SSSR count). The summed E-state index contributed by atoms with van der Waals surface area (Å²) >= 11 is 0. The monoisotopic (exact) mass is 365 g/mol. The van der Waals surface area contributed by atoms with E-state index in [1.54, 1.807) is 18.2 Å². The van der Waals surface area contributed by atoms with Crippen molar-refractivity contribution in [3.05, 3.63) is 83.8 Å². The molecule has 2 aromatic carbocycles. The van der Waals surface area contributed by atoms with Crippen LogP contribution in [0.25, 0.3) is 11.1 Å². The number of fused-ring (bicyclic) bond motifs is 1. The summed E-state index contributed by atoms with van der Waals surface area (Å²) in [6.45, 7) is 0.263. The van der Waals surface area contributed by atoms with E-state index in [0.29, 0.717) is 22.7 Å². The van der Waals surface area contributed by atoms with Crippen LogP contribution in [-0.2, 0) is 11.3 Å². The maximum absolute atomic E-state index is 13.3. The Kier molecular flexibility index (Phi) is 4.65. The largest absolute Gasteiger partial charge is 0.440 e. The number of hydrogen-bond donors (Lipinski definition) is 1. The summed E-state index contributed by atoms with van der Waals surface area (Å²) in [4.78, 5) is 17.0. The number of nitrogens with zero attached hydrogens (tertiary/aromatic N) is 2. The third kappa shape index (κ3) is 3.87. The number of carbonyl (C=O) groups excluding carboxylic acids is 1. The van der Waals surface area contributed by atoms with Gasteiger partial charge < -0.3 is 14.3 Å². The van der Waals surface area contributed by atoms with Crippen LogP contribution in [0.15, 0.2) is 69.8 Å². The highest BCUT2D eigenvalue weighted by atomic mass is 19.1. The first kappa shape index (κ1) is 17.0. The molecule has 0 aliphatic heterocycles. The zero-order valence-electron chi connectivity index (χ0n) is 14.3. The van der Waals surface area contributed by atoms with Gasteiger partial charge in [0, 0.05) is 12.5 Å². The number of hydrogen-bond acceptors (Lipinski definition) is 5. The fourth-order valence-corrected chi connectivity index (χ4v) is 2.86. The maximum atomic E-state index is 13.3. The maximum Gasteiger partial charge on any atom is 0.221 e. The number of amides is 1. The minimum Gasteiger partial charge on any atom is -0.440 e. The molecule has 0 bridgehead atoms. The molecule has 2 heterocycles. The highest BCUT2D eigenvalue weighted by Gasteiger charge is 2.24. The van der Waals surface area contributed by atoms with Crippen molar-refractivity contribution in [1.29, 1.82) is 0 Å². The molecule has 0 saturated heterocycles. The number of nitrogens with one attached hydrogen (secondary N) is 1. The van der Waals surface area contributed by atoms with Crippen molar-refractivity contribution in [2.75, 3.05) is 0 Å². The normalized spacial score (nSPS) is 12.2. The minimum atomic E-state index is -0.435. The van der Waals surface area contributed by atoms with E-state index in [2.05, 4.69) is 15.5 Å². The molecular weight excluding hydrogens is 349 g/mol. The second-order valence-corrected chi connectivity index (χ2v) is 6.10. The van der Waals surface area contributed by atoms with E-state index in [-0.39, 0.29) is 24.7 Å². The second-order valence-electron chi connectivity index (χ2n) is 6.10. The van der Waals surface area contributed by atoms with Crippen molar-refractivity contribution in [2.45, 2.75) is 18.9 Å². The lowest BCUT2D eigenvalue weighted by molar-refractivity contribution is -0.121. The molecule has 0 radical (unpaired) electrons. The van der Waals surface area contributed by atoms with Crippen LogP contribution >= 0.6 is 0 Å². The van der Waals surface area contributed by atoms with Gasteiger partial charge in [-0.05, 0) is 29.8 Å². The minimum absolute atomic E-state index is 0.107.